The van der Waals surface area contributed by atoms with E-state index in [0.717, 1.165) is 5.56 Å². The zero-order chi connectivity index (χ0) is 21.5. The molecular formula is C21H25N5O3S. The third-order valence-corrected chi connectivity index (χ3v) is 7.41. The number of aromatic nitrogens is 3. The molecule has 0 unspecified atom stereocenters. The molecule has 2 aromatic heterocycles. The van der Waals surface area contributed by atoms with Crippen LogP contribution in [0.15, 0.2) is 47.6 Å². The molecule has 1 aliphatic rings. The van der Waals surface area contributed by atoms with Gasteiger partial charge in [0.25, 0.3) is 5.91 Å². The zero-order valence-corrected chi connectivity index (χ0v) is 18.1. The fourth-order valence-corrected chi connectivity index (χ4v) is 5.13. The summed E-state index contributed by atoms with van der Waals surface area (Å²) in [5, 5.41) is 4.34. The van der Waals surface area contributed by atoms with Crippen LogP contribution in [0.2, 0.25) is 0 Å². The van der Waals surface area contributed by atoms with E-state index in [2.05, 4.69) is 23.9 Å². The number of piperazine rings is 1. The molecule has 0 saturated carbocycles. The number of benzene rings is 1. The first kappa shape index (κ1) is 20.5. The van der Waals surface area contributed by atoms with Crippen LogP contribution in [0.4, 0.5) is 0 Å². The van der Waals surface area contributed by atoms with Gasteiger partial charge in [0.05, 0.1) is 10.6 Å². The van der Waals surface area contributed by atoms with Crippen molar-refractivity contribution >= 4 is 21.6 Å². The first-order chi connectivity index (χ1) is 14.3. The summed E-state index contributed by atoms with van der Waals surface area (Å²) in [7, 11) is -3.58. The second-order valence-electron chi connectivity index (χ2n) is 7.77. The Labute approximate surface area is 176 Å². The van der Waals surface area contributed by atoms with E-state index < -0.39 is 10.0 Å². The summed E-state index contributed by atoms with van der Waals surface area (Å²) in [6.45, 7) is 7.08. The number of rotatable bonds is 4. The molecule has 1 aromatic carbocycles. The number of amides is 1. The summed E-state index contributed by atoms with van der Waals surface area (Å²) in [5.41, 5.74) is 2.69. The van der Waals surface area contributed by atoms with Gasteiger partial charge in [-0.25, -0.2) is 17.9 Å². The molecule has 4 rings (SSSR count). The third kappa shape index (κ3) is 3.59. The first-order valence-corrected chi connectivity index (χ1v) is 11.4. The number of aryl methyl sites for hydroxylation is 1. The lowest BCUT2D eigenvalue weighted by Gasteiger charge is -2.34. The average molecular weight is 428 g/mol. The summed E-state index contributed by atoms with van der Waals surface area (Å²) in [6, 6.07) is 8.80. The smallest absolute Gasteiger partial charge is 0.259 e. The standard InChI is InChI=1S/C21H25N5O3S/c1-15(2)17-5-7-18(8-6-17)30(28,29)25-13-11-24(12-14-25)21(27)19-16(3)23-26-10-4-9-22-20(19)26/h4-10,15H,11-14H2,1-3H3. The van der Waals surface area contributed by atoms with E-state index in [1.54, 1.807) is 46.9 Å². The lowest BCUT2D eigenvalue weighted by atomic mass is 10.0. The first-order valence-electron chi connectivity index (χ1n) is 9.98. The molecule has 30 heavy (non-hydrogen) atoms. The fourth-order valence-electron chi connectivity index (χ4n) is 3.71. The highest BCUT2D eigenvalue weighted by Gasteiger charge is 2.32. The van der Waals surface area contributed by atoms with Crippen molar-refractivity contribution in [3.63, 3.8) is 0 Å². The average Bonchev–Trinajstić information content (AvgIpc) is 3.09. The van der Waals surface area contributed by atoms with Crippen LogP contribution in [0.3, 0.4) is 0 Å². The van der Waals surface area contributed by atoms with E-state index >= 15 is 0 Å². The van der Waals surface area contributed by atoms with Crippen molar-refractivity contribution in [2.24, 2.45) is 0 Å². The van der Waals surface area contributed by atoms with Crippen LogP contribution in [-0.4, -0.2) is 64.3 Å². The Balaban J connectivity index is 1.49. The second kappa shape index (κ2) is 7.81. The molecule has 3 heterocycles. The third-order valence-electron chi connectivity index (χ3n) is 5.49. The van der Waals surface area contributed by atoms with E-state index in [-0.39, 0.29) is 23.9 Å². The number of carbonyl (C=O) groups is 1. The van der Waals surface area contributed by atoms with Gasteiger partial charge in [0.1, 0.15) is 5.56 Å². The van der Waals surface area contributed by atoms with Gasteiger partial charge in [-0.1, -0.05) is 26.0 Å². The molecule has 0 spiro atoms. The van der Waals surface area contributed by atoms with Crippen LogP contribution in [0, 0.1) is 6.92 Å². The van der Waals surface area contributed by atoms with E-state index in [1.165, 1.54) is 4.31 Å². The summed E-state index contributed by atoms with van der Waals surface area (Å²) >= 11 is 0. The molecule has 1 fully saturated rings. The van der Waals surface area contributed by atoms with Gasteiger partial charge in [-0.3, -0.25) is 4.79 Å². The van der Waals surface area contributed by atoms with Crippen molar-refractivity contribution < 1.29 is 13.2 Å². The van der Waals surface area contributed by atoms with Crippen LogP contribution in [0.1, 0.15) is 41.4 Å². The lowest BCUT2D eigenvalue weighted by Crippen LogP contribution is -2.50. The van der Waals surface area contributed by atoms with E-state index in [1.807, 2.05) is 12.1 Å². The Morgan fingerprint density at radius 1 is 1.07 bits per heavy atom. The maximum Gasteiger partial charge on any atom is 0.259 e. The van der Waals surface area contributed by atoms with Gasteiger partial charge >= 0.3 is 0 Å². The van der Waals surface area contributed by atoms with Crippen molar-refractivity contribution in [3.05, 3.63) is 59.5 Å². The van der Waals surface area contributed by atoms with Crippen LogP contribution in [0.25, 0.3) is 5.65 Å². The molecule has 0 N–H and O–H groups in total. The van der Waals surface area contributed by atoms with E-state index in [4.69, 9.17) is 0 Å². The van der Waals surface area contributed by atoms with Crippen molar-refractivity contribution in [2.45, 2.75) is 31.6 Å². The fraction of sp³-hybridized carbons (Fsp3) is 0.381. The summed E-state index contributed by atoms with van der Waals surface area (Å²) < 4.78 is 29.0. The predicted molar refractivity (Wildman–Crippen MR) is 113 cm³/mol. The van der Waals surface area contributed by atoms with Gasteiger partial charge in [-0.2, -0.15) is 9.40 Å². The topological polar surface area (TPSA) is 87.9 Å². The van der Waals surface area contributed by atoms with E-state index in [0.29, 0.717) is 35.9 Å². The van der Waals surface area contributed by atoms with Crippen molar-refractivity contribution in [1.82, 2.24) is 23.8 Å². The van der Waals surface area contributed by atoms with Gasteiger partial charge in [-0.05, 0) is 36.6 Å². The molecule has 0 radical (unpaired) electrons. The molecular weight excluding hydrogens is 402 g/mol. The second-order valence-corrected chi connectivity index (χ2v) is 9.71. The quantitative estimate of drug-likeness (QED) is 0.638. The molecule has 1 amide bonds. The molecule has 8 nitrogen and oxygen atoms in total. The van der Waals surface area contributed by atoms with Crippen LogP contribution in [-0.2, 0) is 10.0 Å². The molecule has 9 heteroatoms. The summed E-state index contributed by atoms with van der Waals surface area (Å²) in [5.74, 6) is 0.175. The normalized spacial score (nSPS) is 15.8. The Morgan fingerprint density at radius 2 is 1.73 bits per heavy atom. The van der Waals surface area contributed by atoms with Crippen molar-refractivity contribution in [3.8, 4) is 0 Å². The van der Waals surface area contributed by atoms with Crippen LogP contribution >= 0.6 is 0 Å². The molecule has 3 aromatic rings. The number of hydrogen-bond acceptors (Lipinski definition) is 5. The maximum atomic E-state index is 13.1. The lowest BCUT2D eigenvalue weighted by molar-refractivity contribution is 0.0699. The highest BCUT2D eigenvalue weighted by atomic mass is 32.2. The number of sulfonamides is 1. The highest BCUT2D eigenvalue weighted by molar-refractivity contribution is 7.89. The number of nitrogens with zero attached hydrogens (tertiary/aromatic N) is 5. The molecule has 0 bridgehead atoms. The number of fused-ring (bicyclic) bond motifs is 1. The summed E-state index contributed by atoms with van der Waals surface area (Å²) in [4.78, 5) is 19.3. The monoisotopic (exact) mass is 427 g/mol. The number of hydrogen-bond donors (Lipinski definition) is 0. The van der Waals surface area contributed by atoms with Crippen LogP contribution in [0.5, 0.6) is 0 Å². The Hall–Kier alpha value is -2.78. The Kier molecular flexibility index (Phi) is 5.33. The minimum Gasteiger partial charge on any atom is -0.336 e. The predicted octanol–water partition coefficient (Wildman–Crippen LogP) is 2.31. The maximum absolute atomic E-state index is 13.1. The molecule has 1 aliphatic heterocycles. The highest BCUT2D eigenvalue weighted by Crippen LogP contribution is 2.22. The minimum absolute atomic E-state index is 0.167. The Morgan fingerprint density at radius 3 is 2.37 bits per heavy atom. The molecule has 0 aliphatic carbocycles. The van der Waals surface area contributed by atoms with E-state index in [9.17, 15) is 13.2 Å². The molecule has 158 valence electrons. The van der Waals surface area contributed by atoms with Crippen molar-refractivity contribution in [2.75, 3.05) is 26.2 Å². The van der Waals surface area contributed by atoms with Crippen LogP contribution < -0.4 is 0 Å². The van der Waals surface area contributed by atoms with Gasteiger partial charge in [-0.15, -0.1) is 0 Å². The summed E-state index contributed by atoms with van der Waals surface area (Å²) in [6.07, 6.45) is 3.38. The van der Waals surface area contributed by atoms with Gasteiger partial charge in [0, 0.05) is 38.6 Å². The largest absolute Gasteiger partial charge is 0.336 e. The SMILES string of the molecule is Cc1nn2cccnc2c1C(=O)N1CCN(S(=O)(=O)c2ccc(C(C)C)cc2)CC1. The van der Waals surface area contributed by atoms with Crippen molar-refractivity contribution in [1.29, 1.82) is 0 Å². The number of carbonyl (C=O) groups excluding carboxylic acids is 1. The zero-order valence-electron chi connectivity index (χ0n) is 17.3. The Bertz CT molecular complexity index is 1180. The van der Waals surface area contributed by atoms with Gasteiger partial charge in [0.15, 0.2) is 5.65 Å². The van der Waals surface area contributed by atoms with Gasteiger partial charge in [0.2, 0.25) is 10.0 Å². The molecule has 1 saturated heterocycles. The molecule has 0 atom stereocenters. The van der Waals surface area contributed by atoms with Gasteiger partial charge < -0.3 is 4.90 Å². The minimum atomic E-state index is -3.58.